The minimum absolute atomic E-state index is 0.114. The molecule has 31 heavy (non-hydrogen) atoms. The van der Waals surface area contributed by atoms with Gasteiger partial charge in [-0.05, 0) is 45.4 Å². The predicted octanol–water partition coefficient (Wildman–Crippen LogP) is 1.55. The quantitative estimate of drug-likeness (QED) is 0.671. The van der Waals surface area contributed by atoms with Crippen LogP contribution in [0.25, 0.3) is 0 Å². The van der Waals surface area contributed by atoms with Crippen LogP contribution in [0.3, 0.4) is 0 Å². The highest BCUT2D eigenvalue weighted by molar-refractivity contribution is 7.89. The molecule has 2 amide bonds. The van der Waals surface area contributed by atoms with Gasteiger partial charge in [0.2, 0.25) is 21.8 Å². The summed E-state index contributed by atoms with van der Waals surface area (Å²) in [4.78, 5) is 29.1. The lowest BCUT2D eigenvalue weighted by molar-refractivity contribution is -0.144. The zero-order valence-electron chi connectivity index (χ0n) is 18.4. The van der Waals surface area contributed by atoms with Gasteiger partial charge < -0.3 is 14.3 Å². The predicted molar refractivity (Wildman–Crippen MR) is 113 cm³/mol. The van der Waals surface area contributed by atoms with Crippen molar-refractivity contribution in [2.45, 2.75) is 57.3 Å². The fourth-order valence-corrected chi connectivity index (χ4v) is 6.55. The first-order valence-corrected chi connectivity index (χ1v) is 12.7. The maximum absolute atomic E-state index is 12.9. The molecule has 3 heterocycles. The first-order valence-electron chi connectivity index (χ1n) is 11.3. The lowest BCUT2D eigenvalue weighted by atomic mass is 9.84. The molecule has 3 fully saturated rings. The Bertz CT molecular complexity index is 904. The summed E-state index contributed by atoms with van der Waals surface area (Å²) in [5, 5.41) is 3.76. The summed E-state index contributed by atoms with van der Waals surface area (Å²) < 4.78 is 32.4. The van der Waals surface area contributed by atoms with Gasteiger partial charge in [0.1, 0.15) is 10.6 Å². The molecule has 0 radical (unpaired) electrons. The van der Waals surface area contributed by atoms with Crippen LogP contribution in [0.2, 0.25) is 0 Å². The summed E-state index contributed by atoms with van der Waals surface area (Å²) >= 11 is 0. The highest BCUT2D eigenvalue weighted by atomic mass is 32.2. The third kappa shape index (κ3) is 4.50. The Morgan fingerprint density at radius 2 is 1.58 bits per heavy atom. The zero-order valence-corrected chi connectivity index (χ0v) is 19.2. The van der Waals surface area contributed by atoms with Gasteiger partial charge in [0, 0.05) is 51.6 Å². The number of hydrogen-bond acceptors (Lipinski definition) is 6. The highest BCUT2D eigenvalue weighted by Crippen LogP contribution is 2.30. The normalized spacial score (nSPS) is 21.9. The van der Waals surface area contributed by atoms with E-state index in [2.05, 4.69) is 5.16 Å². The Morgan fingerprint density at radius 3 is 2.10 bits per heavy atom. The molecule has 0 bridgehead atoms. The minimum atomic E-state index is -3.63. The van der Waals surface area contributed by atoms with Crippen molar-refractivity contribution in [3.05, 3.63) is 11.5 Å². The van der Waals surface area contributed by atoms with Crippen LogP contribution in [0, 0.1) is 25.7 Å². The minimum Gasteiger partial charge on any atom is -0.360 e. The van der Waals surface area contributed by atoms with E-state index in [9.17, 15) is 18.0 Å². The Labute approximate surface area is 183 Å². The van der Waals surface area contributed by atoms with Crippen molar-refractivity contribution < 1.29 is 22.5 Å². The fourth-order valence-electron chi connectivity index (χ4n) is 4.79. The van der Waals surface area contributed by atoms with Crippen molar-refractivity contribution in [2.24, 2.45) is 11.8 Å². The second-order valence-corrected chi connectivity index (χ2v) is 10.9. The van der Waals surface area contributed by atoms with Crippen LogP contribution in [0.5, 0.6) is 0 Å². The topological polar surface area (TPSA) is 104 Å². The number of hydrogen-bond donors (Lipinski definition) is 0. The second kappa shape index (κ2) is 8.90. The first-order chi connectivity index (χ1) is 14.8. The van der Waals surface area contributed by atoms with Crippen LogP contribution in [0.4, 0.5) is 0 Å². The Balaban J connectivity index is 1.25. The van der Waals surface area contributed by atoms with Crippen molar-refractivity contribution in [2.75, 3.05) is 39.3 Å². The molecule has 1 saturated carbocycles. The number of rotatable bonds is 5. The smallest absolute Gasteiger partial charge is 0.248 e. The molecule has 0 spiro atoms. The largest absolute Gasteiger partial charge is 0.360 e. The molecule has 0 aromatic carbocycles. The molecule has 1 aromatic rings. The number of aryl methyl sites for hydroxylation is 2. The summed E-state index contributed by atoms with van der Waals surface area (Å²) in [6.45, 7) is 6.46. The Morgan fingerprint density at radius 1 is 0.968 bits per heavy atom. The van der Waals surface area contributed by atoms with Crippen LogP contribution < -0.4 is 0 Å². The van der Waals surface area contributed by atoms with Gasteiger partial charge in [-0.2, -0.15) is 4.31 Å². The summed E-state index contributed by atoms with van der Waals surface area (Å²) in [6, 6.07) is 0. The fraction of sp³-hybridized carbons (Fsp3) is 0.762. The van der Waals surface area contributed by atoms with Gasteiger partial charge in [0.15, 0.2) is 5.76 Å². The third-order valence-electron chi connectivity index (χ3n) is 7.00. The van der Waals surface area contributed by atoms with Gasteiger partial charge in [-0.3, -0.25) is 9.59 Å². The van der Waals surface area contributed by atoms with Crippen LogP contribution in [-0.2, 0) is 19.6 Å². The zero-order chi connectivity index (χ0) is 22.2. The lowest BCUT2D eigenvalue weighted by Crippen LogP contribution is -2.53. The monoisotopic (exact) mass is 452 g/mol. The number of nitrogens with zero attached hydrogens (tertiary/aromatic N) is 4. The van der Waals surface area contributed by atoms with E-state index in [-0.39, 0.29) is 28.5 Å². The van der Waals surface area contributed by atoms with Gasteiger partial charge in [0.25, 0.3) is 0 Å². The molecular weight excluding hydrogens is 420 g/mol. The number of carbonyl (C=O) groups is 2. The molecule has 1 aliphatic carbocycles. The summed E-state index contributed by atoms with van der Waals surface area (Å²) in [5.74, 6) is 1.06. The second-order valence-electron chi connectivity index (χ2n) is 9.04. The molecule has 0 atom stereocenters. The molecule has 0 unspecified atom stereocenters. The van der Waals surface area contributed by atoms with E-state index >= 15 is 0 Å². The van der Waals surface area contributed by atoms with Crippen LogP contribution >= 0.6 is 0 Å². The average molecular weight is 453 g/mol. The Hall–Kier alpha value is -1.94. The van der Waals surface area contributed by atoms with Gasteiger partial charge in [-0.1, -0.05) is 11.6 Å². The molecule has 172 valence electrons. The molecule has 9 nitrogen and oxygen atoms in total. The maximum atomic E-state index is 12.9. The van der Waals surface area contributed by atoms with E-state index < -0.39 is 10.0 Å². The summed E-state index contributed by atoms with van der Waals surface area (Å²) in [5.41, 5.74) is 0.379. The summed E-state index contributed by atoms with van der Waals surface area (Å²) in [6.07, 6.45) is 4.91. The molecule has 0 N–H and O–H groups in total. The van der Waals surface area contributed by atoms with Crippen molar-refractivity contribution >= 4 is 21.8 Å². The molecule has 4 rings (SSSR count). The summed E-state index contributed by atoms with van der Waals surface area (Å²) in [7, 11) is -3.63. The van der Waals surface area contributed by atoms with Gasteiger partial charge in [0.05, 0.1) is 0 Å². The van der Waals surface area contributed by atoms with E-state index in [1.54, 1.807) is 13.8 Å². The molecule has 10 heteroatoms. The van der Waals surface area contributed by atoms with E-state index in [4.69, 9.17) is 4.52 Å². The van der Waals surface area contributed by atoms with Crippen molar-refractivity contribution in [3.8, 4) is 0 Å². The maximum Gasteiger partial charge on any atom is 0.248 e. The number of aromatic nitrogens is 1. The number of piperidine rings is 1. The molecular formula is C21H32N4O5S. The highest BCUT2D eigenvalue weighted by Gasteiger charge is 2.35. The molecule has 1 aromatic heterocycles. The molecule has 2 saturated heterocycles. The first kappa shape index (κ1) is 22.3. The van der Waals surface area contributed by atoms with Crippen molar-refractivity contribution in [1.29, 1.82) is 0 Å². The van der Waals surface area contributed by atoms with Crippen LogP contribution in [0.1, 0.15) is 50.0 Å². The van der Waals surface area contributed by atoms with Crippen LogP contribution in [0.15, 0.2) is 9.42 Å². The average Bonchev–Trinajstić information content (AvgIpc) is 3.06. The molecule has 2 aliphatic heterocycles. The number of carbonyl (C=O) groups excluding carboxylic acids is 2. The third-order valence-corrected chi connectivity index (χ3v) is 9.14. The molecule has 3 aliphatic rings. The van der Waals surface area contributed by atoms with E-state index in [0.29, 0.717) is 70.0 Å². The van der Waals surface area contributed by atoms with Crippen molar-refractivity contribution in [1.82, 2.24) is 19.3 Å². The van der Waals surface area contributed by atoms with Crippen LogP contribution in [-0.4, -0.2) is 78.8 Å². The standard InChI is InChI=1S/C21H32N4O5S/c1-15-20(16(2)30-22-15)31(28,29)25-8-6-17(7-9-25)14-19(26)23-10-12-24(13-11-23)21(27)18-4-3-5-18/h17-18H,3-14H2,1-2H3. The Kier molecular flexibility index (Phi) is 6.39. The van der Waals surface area contributed by atoms with Gasteiger partial charge >= 0.3 is 0 Å². The van der Waals surface area contributed by atoms with Gasteiger partial charge in [-0.25, -0.2) is 8.42 Å². The lowest BCUT2D eigenvalue weighted by Gasteiger charge is -2.39. The van der Waals surface area contributed by atoms with E-state index in [0.717, 1.165) is 19.3 Å². The van der Waals surface area contributed by atoms with E-state index in [1.807, 2.05) is 9.80 Å². The van der Waals surface area contributed by atoms with Crippen molar-refractivity contribution in [3.63, 3.8) is 0 Å². The number of amides is 2. The number of sulfonamides is 1. The van der Waals surface area contributed by atoms with E-state index in [1.165, 1.54) is 4.31 Å². The number of piperazine rings is 1. The SMILES string of the molecule is Cc1noc(C)c1S(=O)(=O)N1CCC(CC(=O)N2CCN(C(=O)C3CCC3)CC2)CC1. The van der Waals surface area contributed by atoms with Gasteiger partial charge in [-0.15, -0.1) is 0 Å².